The van der Waals surface area contributed by atoms with Crippen molar-refractivity contribution in [2.75, 3.05) is 26.2 Å². The van der Waals surface area contributed by atoms with Gasteiger partial charge in [0.1, 0.15) is 0 Å². The second-order valence-corrected chi connectivity index (χ2v) is 9.04. The van der Waals surface area contributed by atoms with E-state index in [0.29, 0.717) is 12.8 Å². The van der Waals surface area contributed by atoms with E-state index in [0.717, 1.165) is 19.3 Å². The zero-order chi connectivity index (χ0) is 19.7. The highest BCUT2D eigenvalue weighted by Crippen LogP contribution is 2.30. The minimum Gasteiger partial charge on any atom is -0.338 e. The number of nitrogens with two attached hydrogens (primary N) is 1. The molecule has 0 aromatic heterocycles. The van der Waals surface area contributed by atoms with Gasteiger partial charge in [-0.1, -0.05) is 31.4 Å². The van der Waals surface area contributed by atoms with Crippen LogP contribution in [-0.2, 0) is 14.8 Å². The monoisotopic (exact) mass is 396 g/mol. The van der Waals surface area contributed by atoms with E-state index in [1.807, 2.05) is 0 Å². The lowest BCUT2D eigenvalue weighted by molar-refractivity contribution is -0.387. The number of carbonyl (C=O) groups excluding carboxylic acids is 1. The van der Waals surface area contributed by atoms with Gasteiger partial charge in [0.2, 0.25) is 15.9 Å². The molecule has 1 aromatic carbocycles. The molecule has 0 spiro atoms. The van der Waals surface area contributed by atoms with E-state index in [2.05, 4.69) is 0 Å². The highest BCUT2D eigenvalue weighted by atomic mass is 32.2. The predicted octanol–water partition coefficient (Wildman–Crippen LogP) is 1.09. The highest BCUT2D eigenvalue weighted by molar-refractivity contribution is 7.89. The van der Waals surface area contributed by atoms with Crippen LogP contribution in [0.2, 0.25) is 0 Å². The van der Waals surface area contributed by atoms with Gasteiger partial charge in [0.15, 0.2) is 4.90 Å². The van der Waals surface area contributed by atoms with Crippen LogP contribution in [-0.4, -0.2) is 60.2 Å². The maximum Gasteiger partial charge on any atom is 0.289 e. The summed E-state index contributed by atoms with van der Waals surface area (Å²) < 4.78 is 26.9. The lowest BCUT2D eigenvalue weighted by Gasteiger charge is -2.40. The van der Waals surface area contributed by atoms with Crippen molar-refractivity contribution in [2.45, 2.75) is 42.5 Å². The Kier molecular flexibility index (Phi) is 5.50. The standard InChI is InChI=1S/C17H24N4O5S/c18-17(8-4-1-5-9-17)16(22)19-10-12-20(13-11-19)27(25,26)15-7-3-2-6-14(15)21(23)24/h2-3,6-7H,1,4-5,8-13,18H2. The molecule has 27 heavy (non-hydrogen) atoms. The summed E-state index contributed by atoms with van der Waals surface area (Å²) in [6, 6.07) is 5.30. The fourth-order valence-electron chi connectivity index (χ4n) is 3.81. The lowest BCUT2D eigenvalue weighted by Crippen LogP contribution is -2.60. The fraction of sp³-hybridized carbons (Fsp3) is 0.588. The Balaban J connectivity index is 1.72. The third kappa shape index (κ3) is 3.83. The highest BCUT2D eigenvalue weighted by Gasteiger charge is 2.41. The molecular formula is C17H24N4O5S. The van der Waals surface area contributed by atoms with Crippen LogP contribution in [0.5, 0.6) is 0 Å². The zero-order valence-electron chi connectivity index (χ0n) is 15.0. The number of nitro groups is 1. The molecule has 9 nitrogen and oxygen atoms in total. The summed E-state index contributed by atoms with van der Waals surface area (Å²) in [7, 11) is -4.00. The first kappa shape index (κ1) is 19.7. The summed E-state index contributed by atoms with van der Waals surface area (Å²) in [5.41, 5.74) is 5.01. The van der Waals surface area contributed by atoms with Crippen LogP contribution < -0.4 is 5.73 Å². The van der Waals surface area contributed by atoms with Gasteiger partial charge in [0, 0.05) is 32.2 Å². The van der Waals surface area contributed by atoms with Gasteiger partial charge >= 0.3 is 0 Å². The summed E-state index contributed by atoms with van der Waals surface area (Å²) in [5, 5.41) is 11.2. The van der Waals surface area contributed by atoms with Gasteiger partial charge in [-0.3, -0.25) is 14.9 Å². The average Bonchev–Trinajstić information content (AvgIpc) is 2.68. The third-order valence-electron chi connectivity index (χ3n) is 5.38. The maximum atomic E-state index is 12.8. The Morgan fingerprint density at radius 2 is 1.67 bits per heavy atom. The topological polar surface area (TPSA) is 127 Å². The van der Waals surface area contributed by atoms with Gasteiger partial charge in [-0.25, -0.2) is 8.42 Å². The minimum absolute atomic E-state index is 0.0935. The lowest BCUT2D eigenvalue weighted by atomic mass is 9.81. The molecule has 0 bridgehead atoms. The van der Waals surface area contributed by atoms with Gasteiger partial charge in [-0.2, -0.15) is 4.31 Å². The predicted molar refractivity (Wildman–Crippen MR) is 98.4 cm³/mol. The van der Waals surface area contributed by atoms with Crippen LogP contribution in [0.4, 0.5) is 5.69 Å². The van der Waals surface area contributed by atoms with Crippen molar-refractivity contribution in [3.63, 3.8) is 0 Å². The SMILES string of the molecule is NC1(C(=O)N2CCN(S(=O)(=O)c3ccccc3[N+](=O)[O-])CC2)CCCCC1. The number of hydrogen-bond donors (Lipinski definition) is 1. The number of sulfonamides is 1. The molecule has 1 aromatic rings. The van der Waals surface area contributed by atoms with E-state index in [1.54, 1.807) is 4.90 Å². The van der Waals surface area contributed by atoms with Gasteiger partial charge < -0.3 is 10.6 Å². The number of carbonyl (C=O) groups is 1. The quantitative estimate of drug-likeness (QED) is 0.599. The van der Waals surface area contributed by atoms with Crippen LogP contribution in [0.1, 0.15) is 32.1 Å². The first-order chi connectivity index (χ1) is 12.8. The summed E-state index contributed by atoms with van der Waals surface area (Å²) in [6.45, 7) is 0.654. The molecule has 1 aliphatic carbocycles. The normalized spacial score (nSPS) is 21.0. The van der Waals surface area contributed by atoms with E-state index in [1.165, 1.54) is 28.6 Å². The molecule has 1 heterocycles. The van der Waals surface area contributed by atoms with Crippen LogP contribution in [0.25, 0.3) is 0 Å². The minimum atomic E-state index is -4.00. The molecule has 0 unspecified atom stereocenters. The maximum absolute atomic E-state index is 12.8. The molecule has 2 N–H and O–H groups in total. The van der Waals surface area contributed by atoms with E-state index in [4.69, 9.17) is 5.73 Å². The summed E-state index contributed by atoms with van der Waals surface area (Å²) in [4.78, 5) is 24.5. The summed E-state index contributed by atoms with van der Waals surface area (Å²) in [6.07, 6.45) is 4.23. The van der Waals surface area contributed by atoms with Gasteiger partial charge in [0.25, 0.3) is 5.69 Å². The number of amides is 1. The Morgan fingerprint density at radius 1 is 1.07 bits per heavy atom. The van der Waals surface area contributed by atoms with Crippen molar-refractivity contribution in [2.24, 2.45) is 5.73 Å². The first-order valence-corrected chi connectivity index (χ1v) is 10.5. The van der Waals surface area contributed by atoms with Crippen molar-refractivity contribution in [3.8, 4) is 0 Å². The molecule has 0 atom stereocenters. The zero-order valence-corrected chi connectivity index (χ0v) is 15.9. The molecule has 1 saturated carbocycles. The van der Waals surface area contributed by atoms with Crippen molar-refractivity contribution in [3.05, 3.63) is 34.4 Å². The molecule has 2 aliphatic rings. The molecule has 0 radical (unpaired) electrons. The second-order valence-electron chi connectivity index (χ2n) is 7.14. The van der Waals surface area contributed by atoms with Crippen molar-refractivity contribution in [1.29, 1.82) is 0 Å². The second kappa shape index (κ2) is 7.53. The molecule has 10 heteroatoms. The summed E-state index contributed by atoms with van der Waals surface area (Å²) >= 11 is 0. The van der Waals surface area contributed by atoms with Crippen LogP contribution in [0.3, 0.4) is 0 Å². The number of benzene rings is 1. The smallest absolute Gasteiger partial charge is 0.289 e. The van der Waals surface area contributed by atoms with Crippen LogP contribution in [0, 0.1) is 10.1 Å². The first-order valence-electron chi connectivity index (χ1n) is 9.07. The van der Waals surface area contributed by atoms with Gasteiger partial charge in [-0.05, 0) is 18.9 Å². The van der Waals surface area contributed by atoms with Gasteiger partial charge in [-0.15, -0.1) is 0 Å². The number of nitrogens with zero attached hydrogens (tertiary/aromatic N) is 3. The molecular weight excluding hydrogens is 372 g/mol. The van der Waals surface area contributed by atoms with E-state index >= 15 is 0 Å². The Labute approximate surface area is 158 Å². The number of hydrogen-bond acceptors (Lipinski definition) is 6. The van der Waals surface area contributed by atoms with E-state index < -0.39 is 26.2 Å². The molecule has 2 fully saturated rings. The number of rotatable bonds is 4. The van der Waals surface area contributed by atoms with Crippen molar-refractivity contribution in [1.82, 2.24) is 9.21 Å². The molecule has 148 valence electrons. The van der Waals surface area contributed by atoms with E-state index in [-0.39, 0.29) is 37.0 Å². The molecule has 1 aliphatic heterocycles. The molecule has 1 saturated heterocycles. The van der Waals surface area contributed by atoms with Crippen LogP contribution in [0.15, 0.2) is 29.2 Å². The van der Waals surface area contributed by atoms with Crippen LogP contribution >= 0.6 is 0 Å². The summed E-state index contributed by atoms with van der Waals surface area (Å²) in [5.74, 6) is -0.120. The van der Waals surface area contributed by atoms with Crippen molar-refractivity contribution >= 4 is 21.6 Å². The average molecular weight is 396 g/mol. The fourth-order valence-corrected chi connectivity index (χ4v) is 5.39. The Bertz CT molecular complexity index is 827. The largest absolute Gasteiger partial charge is 0.338 e. The van der Waals surface area contributed by atoms with E-state index in [9.17, 15) is 23.3 Å². The number of piperazine rings is 1. The Morgan fingerprint density at radius 3 is 2.26 bits per heavy atom. The molecule has 3 rings (SSSR count). The van der Waals surface area contributed by atoms with Crippen molar-refractivity contribution < 1.29 is 18.1 Å². The Hall–Kier alpha value is -2.04. The third-order valence-corrected chi connectivity index (χ3v) is 7.32. The number of nitro benzene ring substituents is 1. The molecule has 1 amide bonds. The van der Waals surface area contributed by atoms with Gasteiger partial charge in [0.05, 0.1) is 10.5 Å². The number of para-hydroxylation sites is 1.